The van der Waals surface area contributed by atoms with Crippen molar-refractivity contribution in [3.05, 3.63) is 42.0 Å². The second-order valence-corrected chi connectivity index (χ2v) is 10.8. The molecule has 0 saturated carbocycles. The van der Waals surface area contributed by atoms with Gasteiger partial charge in [-0.2, -0.15) is 0 Å². The molecule has 1 aromatic carbocycles. The Labute approximate surface area is 227 Å². The fraction of sp³-hybridized carbons (Fsp3) is 0.633. The summed E-state index contributed by atoms with van der Waals surface area (Å²) in [6.07, 6.45) is 7.27. The summed E-state index contributed by atoms with van der Waals surface area (Å²) in [4.78, 5) is 46.5. The highest BCUT2D eigenvalue weighted by Gasteiger charge is 2.34. The van der Waals surface area contributed by atoms with Gasteiger partial charge in [0.2, 0.25) is 17.7 Å². The third-order valence-electron chi connectivity index (χ3n) is 8.54. The van der Waals surface area contributed by atoms with Gasteiger partial charge in [-0.1, -0.05) is 30.4 Å². The Hall–Kier alpha value is -2.87. The molecular weight excluding hydrogens is 480 g/mol. The Kier molecular flexibility index (Phi) is 9.83. The summed E-state index contributed by atoms with van der Waals surface area (Å²) in [5.41, 5.74) is 1.07. The van der Waals surface area contributed by atoms with E-state index in [4.69, 9.17) is 4.74 Å². The van der Waals surface area contributed by atoms with E-state index < -0.39 is 0 Å². The number of ether oxygens (including phenoxy) is 1. The maximum Gasteiger partial charge on any atom is 0.236 e. The summed E-state index contributed by atoms with van der Waals surface area (Å²) >= 11 is 0. The van der Waals surface area contributed by atoms with Crippen molar-refractivity contribution < 1.29 is 19.1 Å². The van der Waals surface area contributed by atoms with Crippen molar-refractivity contribution in [3.8, 4) is 5.75 Å². The van der Waals surface area contributed by atoms with Crippen molar-refractivity contribution in [3.63, 3.8) is 0 Å². The van der Waals surface area contributed by atoms with E-state index in [2.05, 4.69) is 23.1 Å². The molecule has 0 aliphatic carbocycles. The first-order valence-corrected chi connectivity index (χ1v) is 14.3. The predicted octanol–water partition coefficient (Wildman–Crippen LogP) is 3.17. The van der Waals surface area contributed by atoms with Crippen LogP contribution in [0, 0.1) is 11.8 Å². The molecule has 1 aromatic rings. The van der Waals surface area contributed by atoms with E-state index in [1.54, 1.807) is 6.92 Å². The van der Waals surface area contributed by atoms with Crippen LogP contribution < -0.4 is 4.74 Å². The molecule has 2 bridgehead atoms. The number of amides is 3. The summed E-state index contributed by atoms with van der Waals surface area (Å²) in [5.74, 6) is 1.63. The molecule has 3 heterocycles. The first-order chi connectivity index (χ1) is 18.4. The highest BCUT2D eigenvalue weighted by molar-refractivity contribution is 5.79. The number of benzene rings is 1. The summed E-state index contributed by atoms with van der Waals surface area (Å²) in [5, 5.41) is 0. The van der Waals surface area contributed by atoms with Gasteiger partial charge in [-0.25, -0.2) is 0 Å². The minimum absolute atomic E-state index is 0.115. The number of hydrogen-bond acceptors (Lipinski definition) is 5. The van der Waals surface area contributed by atoms with Crippen molar-refractivity contribution in [2.45, 2.75) is 59.0 Å². The molecule has 0 unspecified atom stereocenters. The van der Waals surface area contributed by atoms with E-state index >= 15 is 0 Å². The van der Waals surface area contributed by atoms with Crippen LogP contribution in [0.25, 0.3) is 0 Å². The summed E-state index contributed by atoms with van der Waals surface area (Å²) < 4.78 is 6.20. The van der Waals surface area contributed by atoms with Gasteiger partial charge in [0, 0.05) is 70.8 Å². The minimum atomic E-state index is 0.115. The summed E-state index contributed by atoms with van der Waals surface area (Å²) in [6.45, 7) is 11.3. The van der Waals surface area contributed by atoms with E-state index in [-0.39, 0.29) is 35.6 Å². The van der Waals surface area contributed by atoms with Gasteiger partial charge in [-0.3, -0.25) is 19.3 Å². The molecule has 208 valence electrons. The molecule has 38 heavy (non-hydrogen) atoms. The zero-order valence-electron chi connectivity index (χ0n) is 23.3. The predicted molar refractivity (Wildman–Crippen MR) is 147 cm³/mol. The van der Waals surface area contributed by atoms with Crippen LogP contribution in [0.1, 0.15) is 52.0 Å². The Morgan fingerprint density at radius 1 is 1.03 bits per heavy atom. The van der Waals surface area contributed by atoms with Crippen LogP contribution in [0.15, 0.2) is 36.4 Å². The largest absolute Gasteiger partial charge is 0.489 e. The molecule has 0 N–H and O–H groups in total. The highest BCUT2D eigenvalue weighted by Crippen LogP contribution is 2.30. The number of carbonyl (C=O) groups excluding carboxylic acids is 3. The SMILES string of the molecule is CCN(CC)C(=O)C[C@@H]1CCN2C[C@@H]1/C=C\COc1ccccc1CN(C1CCN(C(C)=O)CC1)CC2=O. The lowest BCUT2D eigenvalue weighted by Crippen LogP contribution is -2.51. The number of nitrogens with zero attached hydrogens (tertiary/aromatic N) is 4. The first kappa shape index (κ1) is 28.1. The molecular formula is C30H44N4O4. The second kappa shape index (κ2) is 13.3. The fourth-order valence-electron chi connectivity index (χ4n) is 6.15. The van der Waals surface area contributed by atoms with Crippen LogP contribution in [0.4, 0.5) is 0 Å². The van der Waals surface area contributed by atoms with Gasteiger partial charge in [0.25, 0.3) is 0 Å². The van der Waals surface area contributed by atoms with Gasteiger partial charge in [-0.15, -0.1) is 0 Å². The molecule has 0 spiro atoms. The molecule has 4 rings (SSSR count). The first-order valence-electron chi connectivity index (χ1n) is 14.3. The maximum atomic E-state index is 13.7. The lowest BCUT2D eigenvalue weighted by Gasteiger charge is -2.41. The third kappa shape index (κ3) is 6.95. The molecule has 0 radical (unpaired) electrons. The van der Waals surface area contributed by atoms with Gasteiger partial charge in [0.15, 0.2) is 0 Å². The number of hydrogen-bond donors (Lipinski definition) is 0. The lowest BCUT2D eigenvalue weighted by molar-refractivity contribution is -0.137. The normalized spacial score (nSPS) is 24.3. The van der Waals surface area contributed by atoms with Crippen molar-refractivity contribution in [2.24, 2.45) is 11.8 Å². The Bertz CT molecular complexity index is 1000. The zero-order chi connectivity index (χ0) is 27.1. The fourth-order valence-corrected chi connectivity index (χ4v) is 6.15. The lowest BCUT2D eigenvalue weighted by atomic mass is 9.82. The molecule has 2 saturated heterocycles. The van der Waals surface area contributed by atoms with Crippen LogP contribution in [-0.4, -0.2) is 95.8 Å². The van der Waals surface area contributed by atoms with E-state index in [9.17, 15) is 14.4 Å². The summed E-state index contributed by atoms with van der Waals surface area (Å²) in [7, 11) is 0. The number of rotatable bonds is 5. The molecule has 0 aromatic heterocycles. The van der Waals surface area contributed by atoms with Crippen LogP contribution in [0.3, 0.4) is 0 Å². The number of para-hydroxylation sites is 1. The van der Waals surface area contributed by atoms with E-state index in [1.165, 1.54) is 0 Å². The van der Waals surface area contributed by atoms with Crippen LogP contribution in [-0.2, 0) is 20.9 Å². The van der Waals surface area contributed by atoms with Crippen molar-refractivity contribution in [1.82, 2.24) is 19.6 Å². The van der Waals surface area contributed by atoms with E-state index in [0.717, 1.165) is 56.8 Å². The van der Waals surface area contributed by atoms with E-state index in [1.807, 2.05) is 46.7 Å². The topological polar surface area (TPSA) is 73.4 Å². The minimum Gasteiger partial charge on any atom is -0.489 e. The number of fused-ring (bicyclic) bond motifs is 3. The molecule has 3 aliphatic heterocycles. The molecule has 8 heteroatoms. The van der Waals surface area contributed by atoms with Gasteiger partial charge >= 0.3 is 0 Å². The number of carbonyl (C=O) groups is 3. The Balaban J connectivity index is 1.54. The smallest absolute Gasteiger partial charge is 0.236 e. The van der Waals surface area contributed by atoms with Gasteiger partial charge < -0.3 is 19.4 Å². The zero-order valence-corrected chi connectivity index (χ0v) is 23.3. The van der Waals surface area contributed by atoms with Crippen molar-refractivity contribution in [1.29, 1.82) is 0 Å². The molecule has 8 nitrogen and oxygen atoms in total. The monoisotopic (exact) mass is 524 g/mol. The average Bonchev–Trinajstić information content (AvgIpc) is 2.93. The van der Waals surface area contributed by atoms with Gasteiger partial charge in [0.1, 0.15) is 12.4 Å². The third-order valence-corrected chi connectivity index (χ3v) is 8.54. The summed E-state index contributed by atoms with van der Waals surface area (Å²) in [6, 6.07) is 8.30. The second-order valence-electron chi connectivity index (χ2n) is 10.8. The Morgan fingerprint density at radius 2 is 1.76 bits per heavy atom. The van der Waals surface area contributed by atoms with Gasteiger partial charge in [-0.05, 0) is 51.0 Å². The van der Waals surface area contributed by atoms with Crippen molar-refractivity contribution >= 4 is 17.7 Å². The van der Waals surface area contributed by atoms with Crippen LogP contribution in [0.5, 0.6) is 5.75 Å². The standard InChI is InChI=1S/C30H44N4O4/c1-4-31(5-2)29(36)19-24-12-15-33-20-25(24)10-8-18-38-28-11-7-6-9-26(28)21-34(22-30(33)37)27-13-16-32(17-14-27)23(3)35/h6-11,24-25,27H,4-5,12-22H2,1-3H3/b10-8-/t24-,25-/m0/s1. The van der Waals surface area contributed by atoms with Crippen LogP contribution >= 0.6 is 0 Å². The van der Waals surface area contributed by atoms with Crippen molar-refractivity contribution in [2.75, 3.05) is 52.4 Å². The van der Waals surface area contributed by atoms with Crippen LogP contribution in [0.2, 0.25) is 0 Å². The Morgan fingerprint density at radius 3 is 2.47 bits per heavy atom. The maximum absolute atomic E-state index is 13.7. The molecule has 2 atom stereocenters. The van der Waals surface area contributed by atoms with E-state index in [0.29, 0.717) is 39.2 Å². The highest BCUT2D eigenvalue weighted by atomic mass is 16.5. The molecule has 2 fully saturated rings. The number of piperidine rings is 2. The average molecular weight is 525 g/mol. The molecule has 3 amide bonds. The number of likely N-dealkylation sites (tertiary alicyclic amines) is 1. The quantitative estimate of drug-likeness (QED) is 0.554. The van der Waals surface area contributed by atoms with Gasteiger partial charge in [0.05, 0.1) is 6.54 Å². The molecule has 3 aliphatic rings.